The van der Waals surface area contributed by atoms with Gasteiger partial charge >= 0.3 is 0 Å². The number of halogens is 1. The predicted octanol–water partition coefficient (Wildman–Crippen LogP) is 3.30. The maximum Gasteiger partial charge on any atom is 0.191 e. The fourth-order valence-electron chi connectivity index (χ4n) is 3.73. The average molecular weight is 487 g/mol. The van der Waals surface area contributed by atoms with E-state index in [-0.39, 0.29) is 24.0 Å². The van der Waals surface area contributed by atoms with Crippen LogP contribution in [0.5, 0.6) is 0 Å². The van der Waals surface area contributed by atoms with Gasteiger partial charge in [0.15, 0.2) is 5.96 Å². The maximum absolute atomic E-state index is 4.40. The van der Waals surface area contributed by atoms with E-state index in [2.05, 4.69) is 70.5 Å². The number of likely N-dealkylation sites (tertiary alicyclic amines) is 1. The smallest absolute Gasteiger partial charge is 0.191 e. The van der Waals surface area contributed by atoms with Gasteiger partial charge in [-0.3, -0.25) is 14.8 Å². The molecule has 2 N–H and O–H groups in total. The van der Waals surface area contributed by atoms with Crippen LogP contribution in [0.25, 0.3) is 0 Å². The lowest BCUT2D eigenvalue weighted by molar-refractivity contribution is 0.267. The molecule has 1 fully saturated rings. The van der Waals surface area contributed by atoms with E-state index in [1.165, 1.54) is 30.5 Å². The van der Waals surface area contributed by atoms with Crippen LogP contribution in [0.1, 0.15) is 44.7 Å². The lowest BCUT2D eigenvalue weighted by atomic mass is 10.1. The molecule has 0 aromatic heterocycles. The molecule has 2 rings (SSSR count). The Hall–Kier alpha value is -0.860. The highest BCUT2D eigenvalue weighted by molar-refractivity contribution is 14.0. The van der Waals surface area contributed by atoms with Crippen molar-refractivity contribution in [3.8, 4) is 0 Å². The predicted molar refractivity (Wildman–Crippen MR) is 127 cm³/mol. The summed E-state index contributed by atoms with van der Waals surface area (Å²) in [4.78, 5) is 9.41. The van der Waals surface area contributed by atoms with Crippen molar-refractivity contribution >= 4 is 29.9 Å². The molecule has 1 saturated heterocycles. The lowest BCUT2D eigenvalue weighted by Crippen LogP contribution is -2.44. The quantitative estimate of drug-likeness (QED) is 0.319. The second kappa shape index (κ2) is 13.3. The second-order valence-corrected chi connectivity index (χ2v) is 6.96. The Labute approximate surface area is 183 Å². The molecule has 5 nitrogen and oxygen atoms in total. The normalized spacial score (nSPS) is 17.8. The van der Waals surface area contributed by atoms with Gasteiger partial charge in [-0.2, -0.15) is 0 Å². The molecular formula is C21H38IN5. The maximum atomic E-state index is 4.40. The SMILES string of the molecule is CCN(CC)Cc1ccccc1CNC(=NC)NCC1CCCN1CC.I. The minimum Gasteiger partial charge on any atom is -0.355 e. The molecule has 1 unspecified atom stereocenters. The summed E-state index contributed by atoms with van der Waals surface area (Å²) in [6.45, 7) is 14.0. The first-order valence-corrected chi connectivity index (χ1v) is 10.2. The van der Waals surface area contributed by atoms with Gasteiger partial charge < -0.3 is 10.6 Å². The number of guanidine groups is 1. The van der Waals surface area contributed by atoms with E-state index >= 15 is 0 Å². The number of hydrogen-bond acceptors (Lipinski definition) is 3. The highest BCUT2D eigenvalue weighted by Gasteiger charge is 2.22. The molecule has 27 heavy (non-hydrogen) atoms. The van der Waals surface area contributed by atoms with E-state index in [1.54, 1.807) is 0 Å². The zero-order valence-electron chi connectivity index (χ0n) is 17.5. The first-order chi connectivity index (χ1) is 12.7. The van der Waals surface area contributed by atoms with Gasteiger partial charge in [-0.05, 0) is 50.1 Å². The highest BCUT2D eigenvalue weighted by atomic mass is 127. The Morgan fingerprint density at radius 1 is 1.15 bits per heavy atom. The lowest BCUT2D eigenvalue weighted by Gasteiger charge is -2.24. The third-order valence-corrected chi connectivity index (χ3v) is 5.49. The van der Waals surface area contributed by atoms with Gasteiger partial charge in [-0.15, -0.1) is 24.0 Å². The molecular weight excluding hydrogens is 449 g/mol. The molecule has 1 aliphatic rings. The van der Waals surface area contributed by atoms with Crippen molar-refractivity contribution in [1.82, 2.24) is 20.4 Å². The Balaban J connectivity index is 0.00000364. The van der Waals surface area contributed by atoms with E-state index in [9.17, 15) is 0 Å². The first-order valence-electron chi connectivity index (χ1n) is 10.2. The van der Waals surface area contributed by atoms with Gasteiger partial charge in [0.05, 0.1) is 0 Å². The van der Waals surface area contributed by atoms with Crippen molar-refractivity contribution in [1.29, 1.82) is 0 Å². The van der Waals surface area contributed by atoms with Crippen molar-refractivity contribution in [2.45, 2.75) is 52.7 Å². The summed E-state index contributed by atoms with van der Waals surface area (Å²) in [5, 5.41) is 7.01. The van der Waals surface area contributed by atoms with Crippen LogP contribution in [0.3, 0.4) is 0 Å². The van der Waals surface area contributed by atoms with Crippen LogP contribution < -0.4 is 10.6 Å². The van der Waals surface area contributed by atoms with Crippen molar-refractivity contribution in [3.05, 3.63) is 35.4 Å². The number of nitrogens with one attached hydrogen (secondary N) is 2. The molecule has 6 heteroatoms. The molecule has 1 aromatic rings. The van der Waals surface area contributed by atoms with Crippen molar-refractivity contribution in [3.63, 3.8) is 0 Å². The van der Waals surface area contributed by atoms with Crippen LogP contribution >= 0.6 is 24.0 Å². The van der Waals surface area contributed by atoms with E-state index in [0.717, 1.165) is 45.2 Å². The van der Waals surface area contributed by atoms with Crippen molar-refractivity contribution in [2.24, 2.45) is 4.99 Å². The summed E-state index contributed by atoms with van der Waals surface area (Å²) >= 11 is 0. The van der Waals surface area contributed by atoms with Gasteiger partial charge in [-0.1, -0.05) is 45.0 Å². The number of hydrogen-bond donors (Lipinski definition) is 2. The Morgan fingerprint density at radius 2 is 1.85 bits per heavy atom. The van der Waals surface area contributed by atoms with Crippen LogP contribution in [-0.4, -0.2) is 61.6 Å². The van der Waals surface area contributed by atoms with Crippen LogP contribution in [0, 0.1) is 0 Å². The molecule has 1 aliphatic heterocycles. The minimum absolute atomic E-state index is 0. The number of benzene rings is 1. The number of nitrogens with zero attached hydrogens (tertiary/aromatic N) is 3. The topological polar surface area (TPSA) is 42.9 Å². The zero-order chi connectivity index (χ0) is 18.8. The van der Waals surface area contributed by atoms with Gasteiger partial charge in [0.2, 0.25) is 0 Å². The van der Waals surface area contributed by atoms with Gasteiger partial charge in [0.25, 0.3) is 0 Å². The Kier molecular flexibility index (Phi) is 11.9. The monoisotopic (exact) mass is 487 g/mol. The summed E-state index contributed by atoms with van der Waals surface area (Å²) in [5.74, 6) is 0.894. The highest BCUT2D eigenvalue weighted by Crippen LogP contribution is 2.15. The molecule has 0 bridgehead atoms. The van der Waals surface area contributed by atoms with E-state index < -0.39 is 0 Å². The van der Waals surface area contributed by atoms with Crippen molar-refractivity contribution < 1.29 is 0 Å². The zero-order valence-corrected chi connectivity index (χ0v) is 19.8. The van der Waals surface area contributed by atoms with Crippen LogP contribution in [-0.2, 0) is 13.1 Å². The molecule has 0 amide bonds. The summed E-state index contributed by atoms with van der Waals surface area (Å²) in [6.07, 6.45) is 2.59. The van der Waals surface area contributed by atoms with E-state index in [0.29, 0.717) is 6.04 Å². The molecule has 0 radical (unpaired) electrons. The van der Waals surface area contributed by atoms with Crippen LogP contribution in [0.4, 0.5) is 0 Å². The number of rotatable bonds is 9. The molecule has 1 heterocycles. The van der Waals surface area contributed by atoms with Crippen molar-refractivity contribution in [2.75, 3.05) is 39.8 Å². The first kappa shape index (κ1) is 24.2. The molecule has 0 spiro atoms. The second-order valence-electron chi connectivity index (χ2n) is 6.96. The average Bonchev–Trinajstić information content (AvgIpc) is 3.14. The summed E-state index contributed by atoms with van der Waals surface area (Å²) in [6, 6.07) is 9.34. The number of aliphatic imine (C=N–C) groups is 1. The van der Waals surface area contributed by atoms with Crippen LogP contribution in [0.2, 0.25) is 0 Å². The van der Waals surface area contributed by atoms with Gasteiger partial charge in [0.1, 0.15) is 0 Å². The Morgan fingerprint density at radius 3 is 2.48 bits per heavy atom. The Bertz CT molecular complexity index is 559. The summed E-state index contributed by atoms with van der Waals surface area (Å²) < 4.78 is 0. The fraction of sp³-hybridized carbons (Fsp3) is 0.667. The number of likely N-dealkylation sites (N-methyl/N-ethyl adjacent to an activating group) is 1. The summed E-state index contributed by atoms with van der Waals surface area (Å²) in [7, 11) is 1.85. The third kappa shape index (κ3) is 7.58. The standard InChI is InChI=1S/C21H37N5.HI/c1-5-25(6-2)17-19-12-9-8-11-18(19)15-23-21(22-4)24-16-20-13-10-14-26(20)7-3;/h8-9,11-12,20H,5-7,10,13-17H2,1-4H3,(H2,22,23,24);1H. The molecule has 1 aromatic carbocycles. The fourth-order valence-corrected chi connectivity index (χ4v) is 3.73. The molecule has 1 atom stereocenters. The van der Waals surface area contributed by atoms with E-state index in [4.69, 9.17) is 0 Å². The van der Waals surface area contributed by atoms with E-state index in [1.807, 2.05) is 7.05 Å². The van der Waals surface area contributed by atoms with Gasteiger partial charge in [-0.25, -0.2) is 0 Å². The minimum atomic E-state index is 0. The van der Waals surface area contributed by atoms with Gasteiger partial charge in [0, 0.05) is 32.7 Å². The largest absolute Gasteiger partial charge is 0.355 e. The molecule has 0 saturated carbocycles. The van der Waals surface area contributed by atoms with Crippen LogP contribution in [0.15, 0.2) is 29.3 Å². The third-order valence-electron chi connectivity index (χ3n) is 5.49. The summed E-state index contributed by atoms with van der Waals surface area (Å²) in [5.41, 5.74) is 2.74. The molecule has 0 aliphatic carbocycles. The molecule has 154 valence electrons.